The third-order valence-electron chi connectivity index (χ3n) is 2.85. The molecule has 0 aliphatic heterocycles. The molecule has 0 bridgehead atoms. The van der Waals surface area contributed by atoms with Gasteiger partial charge in [0.15, 0.2) is 0 Å². The van der Waals surface area contributed by atoms with Crippen LogP contribution in [-0.4, -0.2) is 16.7 Å². The minimum absolute atomic E-state index is 0.198. The van der Waals surface area contributed by atoms with Crippen molar-refractivity contribution >= 4 is 22.0 Å². The number of alkyl carbamates (subject to hydrolysis) is 1. The molecule has 0 radical (unpaired) electrons. The van der Waals surface area contributed by atoms with E-state index < -0.39 is 11.7 Å². The van der Waals surface area contributed by atoms with Crippen molar-refractivity contribution in [2.45, 2.75) is 58.0 Å². The highest BCUT2D eigenvalue weighted by atomic mass is 79.9. The van der Waals surface area contributed by atoms with Crippen molar-refractivity contribution in [1.82, 2.24) is 10.3 Å². The zero-order valence-corrected chi connectivity index (χ0v) is 14.3. The Balaban J connectivity index is 2.82. The van der Waals surface area contributed by atoms with E-state index >= 15 is 0 Å². The summed E-state index contributed by atoms with van der Waals surface area (Å²) >= 11 is 3.32. The first-order chi connectivity index (χ1) is 9.26. The number of ether oxygens (including phenoxy) is 1. The van der Waals surface area contributed by atoms with Gasteiger partial charge in [-0.15, -0.1) is 0 Å². The number of alkyl halides is 1. The van der Waals surface area contributed by atoms with Gasteiger partial charge in [-0.25, -0.2) is 9.78 Å². The minimum Gasteiger partial charge on any atom is -0.444 e. The highest BCUT2D eigenvalue weighted by molar-refractivity contribution is 9.08. The second-order valence-electron chi connectivity index (χ2n) is 5.81. The van der Waals surface area contributed by atoms with Gasteiger partial charge in [-0.05, 0) is 26.7 Å². The van der Waals surface area contributed by atoms with E-state index in [2.05, 4.69) is 33.2 Å². The second kappa shape index (κ2) is 7.11. The molecule has 0 aliphatic carbocycles. The third kappa shape index (κ3) is 5.15. The normalized spacial score (nSPS) is 14.7. The summed E-state index contributed by atoms with van der Waals surface area (Å²) in [5.41, 5.74) is -0.526. The quantitative estimate of drug-likeness (QED) is 0.812. The first-order valence-electron chi connectivity index (χ1n) is 6.77. The van der Waals surface area contributed by atoms with Crippen molar-refractivity contribution in [1.29, 1.82) is 0 Å². The van der Waals surface area contributed by atoms with Crippen molar-refractivity contribution in [3.05, 3.63) is 17.8 Å². The number of nitrogens with one attached hydrogen (secondary N) is 1. The molecule has 0 aliphatic rings. The number of hydrogen-bond acceptors (Lipinski definition) is 4. The highest BCUT2D eigenvalue weighted by Gasteiger charge is 2.27. The summed E-state index contributed by atoms with van der Waals surface area (Å²) in [6.07, 6.45) is 2.10. The summed E-state index contributed by atoms with van der Waals surface area (Å²) in [7, 11) is 0. The largest absolute Gasteiger partial charge is 0.444 e. The van der Waals surface area contributed by atoms with Crippen LogP contribution in [0, 0.1) is 5.92 Å². The number of rotatable bonds is 5. The van der Waals surface area contributed by atoms with Gasteiger partial charge in [0.05, 0.1) is 11.5 Å². The number of carbonyl (C=O) groups is 1. The van der Waals surface area contributed by atoms with Crippen molar-refractivity contribution in [2.75, 3.05) is 0 Å². The highest BCUT2D eigenvalue weighted by Crippen LogP contribution is 2.25. The predicted molar refractivity (Wildman–Crippen MR) is 80.7 cm³/mol. The van der Waals surface area contributed by atoms with E-state index in [1.807, 2.05) is 27.7 Å². The number of aromatic nitrogens is 1. The Kier molecular flexibility index (Phi) is 6.05. The molecule has 6 heteroatoms. The molecule has 114 valence electrons. The van der Waals surface area contributed by atoms with Gasteiger partial charge in [-0.1, -0.05) is 36.2 Å². The number of nitrogens with zero attached hydrogens (tertiary/aromatic N) is 1. The fourth-order valence-electron chi connectivity index (χ4n) is 1.65. The molecular formula is C14H23BrN2O3. The molecule has 20 heavy (non-hydrogen) atoms. The fraction of sp³-hybridized carbons (Fsp3) is 0.714. The molecule has 1 rings (SSSR count). The van der Waals surface area contributed by atoms with E-state index in [1.165, 1.54) is 0 Å². The molecule has 0 saturated heterocycles. The Morgan fingerprint density at radius 2 is 2.20 bits per heavy atom. The Morgan fingerprint density at radius 3 is 2.65 bits per heavy atom. The minimum atomic E-state index is -0.526. The van der Waals surface area contributed by atoms with Crippen LogP contribution in [0.2, 0.25) is 0 Å². The van der Waals surface area contributed by atoms with Crippen LogP contribution in [-0.2, 0) is 10.1 Å². The molecule has 1 aromatic rings. The van der Waals surface area contributed by atoms with Crippen LogP contribution in [0.25, 0.3) is 0 Å². The first-order valence-corrected chi connectivity index (χ1v) is 7.89. The summed E-state index contributed by atoms with van der Waals surface area (Å²) in [5.74, 6) is 1.45. The molecule has 1 heterocycles. The maximum Gasteiger partial charge on any atom is 0.408 e. The van der Waals surface area contributed by atoms with Crippen LogP contribution in [0.1, 0.15) is 58.7 Å². The lowest BCUT2D eigenvalue weighted by Gasteiger charge is -2.25. The number of carbonyl (C=O) groups excluding carboxylic acids is 1. The number of amides is 1. The third-order valence-corrected chi connectivity index (χ3v) is 3.41. The van der Waals surface area contributed by atoms with Crippen LogP contribution < -0.4 is 5.32 Å². The molecule has 1 aromatic heterocycles. The van der Waals surface area contributed by atoms with Gasteiger partial charge in [0.1, 0.15) is 17.4 Å². The lowest BCUT2D eigenvalue weighted by Crippen LogP contribution is -2.37. The fourth-order valence-corrected chi connectivity index (χ4v) is 1.91. The molecule has 0 saturated carbocycles. The lowest BCUT2D eigenvalue weighted by atomic mass is 9.99. The predicted octanol–water partition coefficient (Wildman–Crippen LogP) is 4.18. The van der Waals surface area contributed by atoms with Gasteiger partial charge in [0.25, 0.3) is 0 Å². The monoisotopic (exact) mass is 346 g/mol. The zero-order valence-electron chi connectivity index (χ0n) is 12.7. The second-order valence-corrected chi connectivity index (χ2v) is 6.37. The number of hydrogen-bond donors (Lipinski definition) is 1. The molecule has 0 fully saturated rings. The summed E-state index contributed by atoms with van der Waals surface area (Å²) < 4.78 is 10.9. The van der Waals surface area contributed by atoms with Crippen molar-refractivity contribution in [2.24, 2.45) is 5.92 Å². The maximum absolute atomic E-state index is 11.9. The Morgan fingerprint density at radius 1 is 1.55 bits per heavy atom. The summed E-state index contributed by atoms with van der Waals surface area (Å²) in [5, 5.41) is 3.44. The molecule has 1 N–H and O–H groups in total. The van der Waals surface area contributed by atoms with Crippen LogP contribution in [0.3, 0.4) is 0 Å². The van der Waals surface area contributed by atoms with Crippen molar-refractivity contribution in [3.63, 3.8) is 0 Å². The average molecular weight is 347 g/mol. The SMILES string of the molecule is CC[C@H](C)[C@H](NC(=O)OC(C)(C)C)c1ncc(CBr)o1. The Hall–Kier alpha value is -1.04. The summed E-state index contributed by atoms with van der Waals surface area (Å²) in [6.45, 7) is 9.60. The molecule has 0 aromatic carbocycles. The van der Waals surface area contributed by atoms with Crippen LogP contribution in [0.4, 0.5) is 4.79 Å². The number of oxazole rings is 1. The molecule has 1 amide bonds. The smallest absolute Gasteiger partial charge is 0.408 e. The molecule has 0 unspecified atom stereocenters. The van der Waals surface area contributed by atoms with E-state index in [-0.39, 0.29) is 12.0 Å². The van der Waals surface area contributed by atoms with E-state index in [0.717, 1.165) is 12.2 Å². The van der Waals surface area contributed by atoms with E-state index in [0.29, 0.717) is 11.2 Å². The molecule has 5 nitrogen and oxygen atoms in total. The lowest BCUT2D eigenvalue weighted by molar-refractivity contribution is 0.0475. The van der Waals surface area contributed by atoms with Crippen LogP contribution in [0.5, 0.6) is 0 Å². The van der Waals surface area contributed by atoms with Gasteiger partial charge >= 0.3 is 6.09 Å². The van der Waals surface area contributed by atoms with E-state index in [1.54, 1.807) is 6.20 Å². The standard InChI is InChI=1S/C14H23BrN2O3/c1-6-9(2)11(12-16-8-10(7-15)19-12)17-13(18)20-14(3,4)5/h8-9,11H,6-7H2,1-5H3,(H,17,18)/t9-,11-/m0/s1. The van der Waals surface area contributed by atoms with E-state index in [4.69, 9.17) is 9.15 Å². The first kappa shape index (κ1) is 17.0. The van der Waals surface area contributed by atoms with Gasteiger partial charge in [-0.3, -0.25) is 0 Å². The van der Waals surface area contributed by atoms with Crippen molar-refractivity contribution < 1.29 is 13.9 Å². The molecule has 0 spiro atoms. The van der Waals surface area contributed by atoms with Crippen LogP contribution >= 0.6 is 15.9 Å². The average Bonchev–Trinajstić information content (AvgIpc) is 2.81. The van der Waals surface area contributed by atoms with Gasteiger partial charge in [0.2, 0.25) is 5.89 Å². The topological polar surface area (TPSA) is 64.4 Å². The zero-order chi connectivity index (χ0) is 15.3. The van der Waals surface area contributed by atoms with Crippen LogP contribution in [0.15, 0.2) is 10.6 Å². The van der Waals surface area contributed by atoms with E-state index in [9.17, 15) is 4.79 Å². The Labute approximate surface area is 128 Å². The maximum atomic E-state index is 11.9. The molecule has 2 atom stereocenters. The number of halogens is 1. The van der Waals surface area contributed by atoms with Gasteiger partial charge < -0.3 is 14.5 Å². The summed E-state index contributed by atoms with van der Waals surface area (Å²) in [4.78, 5) is 16.2. The summed E-state index contributed by atoms with van der Waals surface area (Å²) in [6, 6.07) is -0.289. The van der Waals surface area contributed by atoms with Crippen molar-refractivity contribution in [3.8, 4) is 0 Å². The van der Waals surface area contributed by atoms with Gasteiger partial charge in [0, 0.05) is 0 Å². The Bertz CT molecular complexity index is 440. The molecular weight excluding hydrogens is 324 g/mol. The van der Waals surface area contributed by atoms with Gasteiger partial charge in [-0.2, -0.15) is 0 Å².